The predicted molar refractivity (Wildman–Crippen MR) is 69.4 cm³/mol. The topological polar surface area (TPSA) is 86.7 Å². The lowest BCUT2D eigenvalue weighted by Gasteiger charge is -2.35. The molecule has 1 aliphatic rings. The van der Waals surface area contributed by atoms with Crippen LogP contribution in [0.3, 0.4) is 0 Å². The number of nitrogens with one attached hydrogen (secondary N) is 1. The molecular formula is C13H22N2O4. The highest BCUT2D eigenvalue weighted by molar-refractivity contribution is 6.01. The van der Waals surface area contributed by atoms with Crippen molar-refractivity contribution in [3.63, 3.8) is 0 Å². The fraction of sp³-hybridized carbons (Fsp3) is 0.769. The lowest BCUT2D eigenvalue weighted by atomic mass is 9.89. The molecule has 1 aliphatic heterocycles. The van der Waals surface area contributed by atoms with Gasteiger partial charge in [-0.25, -0.2) is 0 Å². The van der Waals surface area contributed by atoms with Crippen LogP contribution in [0.4, 0.5) is 0 Å². The van der Waals surface area contributed by atoms with Crippen LogP contribution in [0.1, 0.15) is 33.6 Å². The zero-order chi connectivity index (χ0) is 14.6. The Balaban J connectivity index is 2.48. The zero-order valence-electron chi connectivity index (χ0n) is 11.7. The van der Waals surface area contributed by atoms with Gasteiger partial charge in [0.1, 0.15) is 5.41 Å². The van der Waals surface area contributed by atoms with Crippen molar-refractivity contribution >= 4 is 17.8 Å². The molecule has 0 spiro atoms. The molecule has 6 nitrogen and oxygen atoms in total. The molecule has 0 bridgehead atoms. The van der Waals surface area contributed by atoms with E-state index in [1.54, 1.807) is 4.90 Å². The minimum absolute atomic E-state index is 0.0504. The maximum atomic E-state index is 12.1. The van der Waals surface area contributed by atoms with Crippen LogP contribution in [0.5, 0.6) is 0 Å². The van der Waals surface area contributed by atoms with Crippen molar-refractivity contribution < 1.29 is 19.5 Å². The van der Waals surface area contributed by atoms with Crippen molar-refractivity contribution in [1.29, 1.82) is 0 Å². The summed E-state index contributed by atoms with van der Waals surface area (Å²) in [6, 6.07) is 0. The number of carboxylic acids is 1. The summed E-state index contributed by atoms with van der Waals surface area (Å²) in [7, 11) is 0. The molecule has 1 rings (SSSR count). The van der Waals surface area contributed by atoms with Gasteiger partial charge in [0.05, 0.1) is 0 Å². The molecule has 0 aromatic heterocycles. The van der Waals surface area contributed by atoms with Crippen molar-refractivity contribution in [1.82, 2.24) is 10.2 Å². The highest BCUT2D eigenvalue weighted by atomic mass is 16.4. The molecule has 6 heteroatoms. The minimum atomic E-state index is -1.37. The van der Waals surface area contributed by atoms with Crippen LogP contribution in [0.25, 0.3) is 0 Å². The SMILES string of the molecule is CC(=O)NCC1CCN(C(=O)C(C)(C)C(=O)O)CC1. The number of aliphatic carboxylic acids is 1. The van der Waals surface area contributed by atoms with Crippen molar-refractivity contribution in [2.75, 3.05) is 19.6 Å². The molecule has 1 fully saturated rings. The number of carboxylic acid groups (broad SMARTS) is 1. The van der Waals surface area contributed by atoms with Gasteiger partial charge in [-0.1, -0.05) is 0 Å². The number of hydrogen-bond donors (Lipinski definition) is 2. The van der Waals surface area contributed by atoms with Gasteiger partial charge in [-0.05, 0) is 32.6 Å². The molecule has 2 N–H and O–H groups in total. The van der Waals surface area contributed by atoms with Crippen LogP contribution < -0.4 is 5.32 Å². The first-order valence-corrected chi connectivity index (χ1v) is 6.52. The molecule has 108 valence electrons. The Labute approximate surface area is 113 Å². The van der Waals surface area contributed by atoms with Gasteiger partial charge in [0, 0.05) is 26.6 Å². The van der Waals surface area contributed by atoms with Gasteiger partial charge >= 0.3 is 5.97 Å². The van der Waals surface area contributed by atoms with Crippen LogP contribution in [-0.2, 0) is 14.4 Å². The molecule has 0 aromatic rings. The number of amides is 2. The predicted octanol–water partition coefficient (Wildman–Crippen LogP) is 0.472. The Morgan fingerprint density at radius 2 is 1.79 bits per heavy atom. The number of likely N-dealkylation sites (tertiary alicyclic amines) is 1. The summed E-state index contributed by atoms with van der Waals surface area (Å²) in [5.41, 5.74) is -1.37. The molecule has 2 amide bonds. The van der Waals surface area contributed by atoms with Gasteiger partial charge in [0.15, 0.2) is 0 Å². The molecule has 0 unspecified atom stereocenters. The maximum absolute atomic E-state index is 12.1. The fourth-order valence-electron chi connectivity index (χ4n) is 2.12. The van der Waals surface area contributed by atoms with Crippen LogP contribution in [0.15, 0.2) is 0 Å². The second kappa shape index (κ2) is 6.04. The Morgan fingerprint density at radius 3 is 2.21 bits per heavy atom. The van der Waals surface area contributed by atoms with Crippen molar-refractivity contribution in [3.8, 4) is 0 Å². The molecule has 0 aliphatic carbocycles. The van der Waals surface area contributed by atoms with Crippen LogP contribution in [0.2, 0.25) is 0 Å². The summed E-state index contributed by atoms with van der Waals surface area (Å²) >= 11 is 0. The van der Waals surface area contributed by atoms with Crippen molar-refractivity contribution in [2.45, 2.75) is 33.6 Å². The van der Waals surface area contributed by atoms with Crippen molar-refractivity contribution in [3.05, 3.63) is 0 Å². The monoisotopic (exact) mass is 270 g/mol. The van der Waals surface area contributed by atoms with Crippen LogP contribution in [0, 0.1) is 11.3 Å². The quantitative estimate of drug-likeness (QED) is 0.727. The molecule has 19 heavy (non-hydrogen) atoms. The van der Waals surface area contributed by atoms with E-state index < -0.39 is 11.4 Å². The summed E-state index contributed by atoms with van der Waals surface area (Å²) in [5.74, 6) is -1.12. The van der Waals surface area contributed by atoms with Gasteiger partial charge in [0.25, 0.3) is 0 Å². The Hall–Kier alpha value is -1.59. The normalized spacial score (nSPS) is 17.1. The second-order valence-electron chi connectivity index (χ2n) is 5.60. The summed E-state index contributed by atoms with van der Waals surface area (Å²) < 4.78 is 0. The number of rotatable bonds is 4. The van der Waals surface area contributed by atoms with Gasteiger partial charge < -0.3 is 15.3 Å². The van der Waals surface area contributed by atoms with E-state index in [4.69, 9.17) is 5.11 Å². The largest absolute Gasteiger partial charge is 0.480 e. The molecule has 1 saturated heterocycles. The van der Waals surface area contributed by atoms with E-state index in [9.17, 15) is 14.4 Å². The van der Waals surface area contributed by atoms with Gasteiger partial charge in [-0.15, -0.1) is 0 Å². The number of piperidine rings is 1. The van der Waals surface area contributed by atoms with Gasteiger partial charge in [-0.2, -0.15) is 0 Å². The molecular weight excluding hydrogens is 248 g/mol. The lowest BCUT2D eigenvalue weighted by molar-refractivity contribution is -0.159. The van der Waals surface area contributed by atoms with E-state index in [0.717, 1.165) is 12.8 Å². The number of nitrogens with zero attached hydrogens (tertiary/aromatic N) is 1. The third-order valence-electron chi connectivity index (χ3n) is 3.61. The zero-order valence-corrected chi connectivity index (χ0v) is 11.7. The summed E-state index contributed by atoms with van der Waals surface area (Å²) in [6.07, 6.45) is 1.59. The molecule has 0 atom stereocenters. The molecule has 0 radical (unpaired) electrons. The van der Waals surface area contributed by atoms with Crippen LogP contribution >= 0.6 is 0 Å². The smallest absolute Gasteiger partial charge is 0.318 e. The number of carbonyl (C=O) groups excluding carboxylic acids is 2. The van der Waals surface area contributed by atoms with E-state index in [1.165, 1.54) is 20.8 Å². The van der Waals surface area contributed by atoms with E-state index in [1.807, 2.05) is 0 Å². The molecule has 0 aromatic carbocycles. The first-order chi connectivity index (χ1) is 8.75. The summed E-state index contributed by atoms with van der Waals surface area (Å²) in [6.45, 7) is 6.08. The number of hydrogen-bond acceptors (Lipinski definition) is 3. The van der Waals surface area contributed by atoms with Gasteiger partial charge in [-0.3, -0.25) is 14.4 Å². The molecule has 1 heterocycles. The Bertz CT molecular complexity index is 371. The minimum Gasteiger partial charge on any atom is -0.480 e. The first-order valence-electron chi connectivity index (χ1n) is 6.52. The summed E-state index contributed by atoms with van der Waals surface area (Å²) in [4.78, 5) is 35.6. The van der Waals surface area contributed by atoms with E-state index in [2.05, 4.69) is 5.32 Å². The van der Waals surface area contributed by atoms with E-state index in [0.29, 0.717) is 25.6 Å². The standard InChI is InChI=1S/C13H22N2O4/c1-9(16)14-8-10-4-6-15(7-5-10)11(17)13(2,3)12(18)19/h10H,4-8H2,1-3H3,(H,14,16)(H,18,19). The van der Waals surface area contributed by atoms with Gasteiger partial charge in [0.2, 0.25) is 11.8 Å². The third-order valence-corrected chi connectivity index (χ3v) is 3.61. The average molecular weight is 270 g/mol. The molecule has 0 saturated carbocycles. The summed E-state index contributed by atoms with van der Waals surface area (Å²) in [5, 5.41) is 11.8. The highest BCUT2D eigenvalue weighted by Crippen LogP contribution is 2.24. The average Bonchev–Trinajstić information content (AvgIpc) is 2.35. The van der Waals surface area contributed by atoms with Crippen LogP contribution in [-0.4, -0.2) is 47.4 Å². The maximum Gasteiger partial charge on any atom is 0.318 e. The highest BCUT2D eigenvalue weighted by Gasteiger charge is 2.40. The first kappa shape index (κ1) is 15.5. The van der Waals surface area contributed by atoms with Crippen molar-refractivity contribution in [2.24, 2.45) is 11.3 Å². The fourth-order valence-corrected chi connectivity index (χ4v) is 2.12. The number of carbonyl (C=O) groups is 3. The third kappa shape index (κ3) is 3.94. The van der Waals surface area contributed by atoms with E-state index in [-0.39, 0.29) is 11.8 Å². The Morgan fingerprint density at radius 1 is 1.26 bits per heavy atom. The lowest BCUT2D eigenvalue weighted by Crippen LogP contribution is -2.49. The Kier molecular flexibility index (Phi) is 4.91. The second-order valence-corrected chi connectivity index (χ2v) is 5.60. The van der Waals surface area contributed by atoms with E-state index >= 15 is 0 Å².